The Morgan fingerprint density at radius 2 is 1.89 bits per heavy atom. The number of anilines is 1. The molecule has 1 atom stereocenters. The second-order valence-corrected chi connectivity index (χ2v) is 5.14. The average molecular weight is 255 g/mol. The SMILES string of the molecule is CC1(Cc2ccccc2)C(=O)Nc2cc(F)ccc21. The molecule has 0 radical (unpaired) electrons. The number of carbonyl (C=O) groups is 1. The molecule has 2 aromatic carbocycles. The van der Waals surface area contributed by atoms with Crippen LogP contribution in [0.4, 0.5) is 10.1 Å². The fourth-order valence-corrected chi connectivity index (χ4v) is 2.66. The van der Waals surface area contributed by atoms with Crippen LogP contribution in [0.5, 0.6) is 0 Å². The second kappa shape index (κ2) is 4.19. The lowest BCUT2D eigenvalue weighted by atomic mass is 9.78. The molecule has 1 amide bonds. The summed E-state index contributed by atoms with van der Waals surface area (Å²) in [4.78, 5) is 12.2. The molecule has 1 heterocycles. The lowest BCUT2D eigenvalue weighted by Gasteiger charge is -2.22. The van der Waals surface area contributed by atoms with Gasteiger partial charge in [0.05, 0.1) is 5.41 Å². The molecule has 3 heteroatoms. The van der Waals surface area contributed by atoms with Crippen LogP contribution in [-0.4, -0.2) is 5.91 Å². The van der Waals surface area contributed by atoms with Gasteiger partial charge >= 0.3 is 0 Å². The minimum Gasteiger partial charge on any atom is -0.325 e. The summed E-state index contributed by atoms with van der Waals surface area (Å²) < 4.78 is 13.2. The third kappa shape index (κ3) is 1.91. The van der Waals surface area contributed by atoms with E-state index in [2.05, 4.69) is 5.32 Å². The van der Waals surface area contributed by atoms with Gasteiger partial charge in [0.25, 0.3) is 0 Å². The van der Waals surface area contributed by atoms with Crippen LogP contribution < -0.4 is 5.32 Å². The molecule has 96 valence electrons. The van der Waals surface area contributed by atoms with E-state index in [9.17, 15) is 9.18 Å². The molecule has 0 saturated heterocycles. The minimum absolute atomic E-state index is 0.0723. The van der Waals surface area contributed by atoms with Crippen molar-refractivity contribution in [2.75, 3.05) is 5.32 Å². The molecule has 3 rings (SSSR count). The molecular weight excluding hydrogens is 241 g/mol. The Bertz CT molecular complexity index is 638. The number of amides is 1. The van der Waals surface area contributed by atoms with Gasteiger partial charge in [-0.25, -0.2) is 4.39 Å². The predicted octanol–water partition coefficient (Wildman–Crippen LogP) is 3.28. The Labute approximate surface area is 111 Å². The topological polar surface area (TPSA) is 29.1 Å². The number of halogens is 1. The Morgan fingerprint density at radius 1 is 1.16 bits per heavy atom. The van der Waals surface area contributed by atoms with Gasteiger partial charge in [-0.15, -0.1) is 0 Å². The van der Waals surface area contributed by atoms with Gasteiger partial charge in [-0.2, -0.15) is 0 Å². The first-order valence-electron chi connectivity index (χ1n) is 6.25. The summed E-state index contributed by atoms with van der Waals surface area (Å²) in [6.07, 6.45) is 0.609. The summed E-state index contributed by atoms with van der Waals surface area (Å²) in [6, 6.07) is 14.3. The zero-order chi connectivity index (χ0) is 13.5. The third-order valence-corrected chi connectivity index (χ3v) is 3.73. The predicted molar refractivity (Wildman–Crippen MR) is 72.5 cm³/mol. The summed E-state index contributed by atoms with van der Waals surface area (Å²) >= 11 is 0. The number of hydrogen-bond donors (Lipinski definition) is 1. The van der Waals surface area contributed by atoms with Crippen LogP contribution in [0.1, 0.15) is 18.1 Å². The Kier molecular flexibility index (Phi) is 2.63. The summed E-state index contributed by atoms with van der Waals surface area (Å²) in [5.41, 5.74) is 1.91. The minimum atomic E-state index is -0.635. The van der Waals surface area contributed by atoms with Crippen molar-refractivity contribution >= 4 is 11.6 Å². The van der Waals surface area contributed by atoms with Crippen LogP contribution in [0.2, 0.25) is 0 Å². The lowest BCUT2D eigenvalue weighted by Crippen LogP contribution is -2.33. The maximum Gasteiger partial charge on any atom is 0.235 e. The molecule has 0 fully saturated rings. The highest BCUT2D eigenvalue weighted by atomic mass is 19.1. The van der Waals surface area contributed by atoms with Crippen LogP contribution in [0.25, 0.3) is 0 Å². The van der Waals surface area contributed by atoms with Crippen molar-refractivity contribution in [1.82, 2.24) is 0 Å². The van der Waals surface area contributed by atoms with Crippen molar-refractivity contribution in [3.8, 4) is 0 Å². The summed E-state index contributed by atoms with van der Waals surface area (Å²) in [7, 11) is 0. The van der Waals surface area contributed by atoms with Crippen molar-refractivity contribution in [2.24, 2.45) is 0 Å². The number of rotatable bonds is 2. The fourth-order valence-electron chi connectivity index (χ4n) is 2.66. The molecular formula is C16H14FNO. The molecule has 2 aromatic rings. The van der Waals surface area contributed by atoms with E-state index in [0.717, 1.165) is 11.1 Å². The fraction of sp³-hybridized carbons (Fsp3) is 0.188. The zero-order valence-corrected chi connectivity index (χ0v) is 10.6. The zero-order valence-electron chi connectivity index (χ0n) is 10.6. The van der Waals surface area contributed by atoms with Crippen LogP contribution >= 0.6 is 0 Å². The van der Waals surface area contributed by atoms with E-state index in [1.54, 1.807) is 6.07 Å². The first-order valence-corrected chi connectivity index (χ1v) is 6.25. The van der Waals surface area contributed by atoms with E-state index in [4.69, 9.17) is 0 Å². The molecule has 0 aliphatic carbocycles. The van der Waals surface area contributed by atoms with Crippen LogP contribution in [0.15, 0.2) is 48.5 Å². The highest BCUT2D eigenvalue weighted by Gasteiger charge is 2.42. The number of fused-ring (bicyclic) bond motifs is 1. The highest BCUT2D eigenvalue weighted by Crippen LogP contribution is 2.40. The summed E-state index contributed by atoms with van der Waals surface area (Å²) in [6.45, 7) is 1.90. The third-order valence-electron chi connectivity index (χ3n) is 3.73. The molecule has 0 spiro atoms. The smallest absolute Gasteiger partial charge is 0.235 e. The van der Waals surface area contributed by atoms with Gasteiger partial charge in [-0.05, 0) is 36.6 Å². The second-order valence-electron chi connectivity index (χ2n) is 5.14. The maximum atomic E-state index is 13.2. The van der Waals surface area contributed by atoms with Gasteiger partial charge in [0.1, 0.15) is 5.82 Å². The number of carbonyl (C=O) groups excluding carboxylic acids is 1. The van der Waals surface area contributed by atoms with Gasteiger partial charge in [0.15, 0.2) is 0 Å². The molecule has 2 nitrogen and oxygen atoms in total. The Balaban J connectivity index is 2.03. The monoisotopic (exact) mass is 255 g/mol. The van der Waals surface area contributed by atoms with Gasteiger partial charge in [0.2, 0.25) is 5.91 Å². The van der Waals surface area contributed by atoms with Crippen molar-refractivity contribution < 1.29 is 9.18 Å². The largest absolute Gasteiger partial charge is 0.325 e. The summed E-state index contributed by atoms with van der Waals surface area (Å²) in [5, 5.41) is 2.77. The van der Waals surface area contributed by atoms with E-state index in [1.807, 2.05) is 37.3 Å². The Hall–Kier alpha value is -2.16. The molecule has 0 saturated carbocycles. The number of benzene rings is 2. The van der Waals surface area contributed by atoms with Crippen molar-refractivity contribution in [1.29, 1.82) is 0 Å². The van der Waals surface area contributed by atoms with Crippen LogP contribution in [-0.2, 0) is 16.6 Å². The molecule has 0 bridgehead atoms. The Morgan fingerprint density at radius 3 is 2.63 bits per heavy atom. The quantitative estimate of drug-likeness (QED) is 0.876. The van der Waals surface area contributed by atoms with E-state index in [0.29, 0.717) is 12.1 Å². The van der Waals surface area contributed by atoms with Crippen molar-refractivity contribution in [3.63, 3.8) is 0 Å². The molecule has 0 aromatic heterocycles. The van der Waals surface area contributed by atoms with E-state index in [1.165, 1.54) is 12.1 Å². The van der Waals surface area contributed by atoms with Crippen LogP contribution in [0.3, 0.4) is 0 Å². The lowest BCUT2D eigenvalue weighted by molar-refractivity contribution is -0.120. The van der Waals surface area contributed by atoms with Crippen LogP contribution in [0, 0.1) is 5.82 Å². The first kappa shape index (κ1) is 11.9. The molecule has 19 heavy (non-hydrogen) atoms. The summed E-state index contributed by atoms with van der Waals surface area (Å²) in [5.74, 6) is -0.403. The number of hydrogen-bond acceptors (Lipinski definition) is 1. The molecule has 1 unspecified atom stereocenters. The van der Waals surface area contributed by atoms with Gasteiger partial charge in [-0.1, -0.05) is 36.4 Å². The standard InChI is InChI=1S/C16H14FNO/c1-16(10-11-5-3-2-4-6-11)13-8-7-12(17)9-14(13)18-15(16)19/h2-9H,10H2,1H3,(H,18,19). The maximum absolute atomic E-state index is 13.2. The van der Waals surface area contributed by atoms with Crippen molar-refractivity contribution in [2.45, 2.75) is 18.8 Å². The molecule has 1 aliphatic heterocycles. The van der Waals surface area contributed by atoms with E-state index >= 15 is 0 Å². The van der Waals surface area contributed by atoms with Gasteiger partial charge in [-0.3, -0.25) is 4.79 Å². The first-order chi connectivity index (χ1) is 9.09. The van der Waals surface area contributed by atoms with Gasteiger partial charge in [0, 0.05) is 5.69 Å². The van der Waals surface area contributed by atoms with E-state index < -0.39 is 5.41 Å². The number of nitrogens with one attached hydrogen (secondary N) is 1. The van der Waals surface area contributed by atoms with E-state index in [-0.39, 0.29) is 11.7 Å². The molecule has 1 aliphatic rings. The van der Waals surface area contributed by atoms with Crippen molar-refractivity contribution in [3.05, 3.63) is 65.5 Å². The molecule has 1 N–H and O–H groups in total. The highest BCUT2D eigenvalue weighted by molar-refractivity contribution is 6.06. The normalized spacial score (nSPS) is 21.1. The average Bonchev–Trinajstić information content (AvgIpc) is 2.62. The van der Waals surface area contributed by atoms with Gasteiger partial charge < -0.3 is 5.32 Å².